The number of anilines is 2. The molecule has 0 bridgehead atoms. The number of hydrogen-bond donors (Lipinski definition) is 3. The molecule has 0 aliphatic carbocycles. The van der Waals surface area contributed by atoms with Crippen LogP contribution in [-0.4, -0.2) is 41.4 Å². The molecule has 2 rings (SSSR count). The number of nitrogens with one attached hydrogen (secondary N) is 2. The predicted octanol–water partition coefficient (Wildman–Crippen LogP) is 0.806. The van der Waals surface area contributed by atoms with Crippen molar-refractivity contribution in [3.63, 3.8) is 0 Å². The molecule has 0 aromatic heterocycles. The van der Waals surface area contributed by atoms with E-state index in [1.165, 1.54) is 0 Å². The molecule has 4 N–H and O–H groups in total. The number of carbonyl (C=O) groups excluding carboxylic acids is 2. The van der Waals surface area contributed by atoms with Gasteiger partial charge in [0.1, 0.15) is 0 Å². The summed E-state index contributed by atoms with van der Waals surface area (Å²) in [7, 11) is 0. The first-order valence-electron chi connectivity index (χ1n) is 7.04. The van der Waals surface area contributed by atoms with Gasteiger partial charge in [0.2, 0.25) is 11.8 Å². The second-order valence-electron chi connectivity index (χ2n) is 5.80. The molecule has 1 aromatic rings. The molecule has 2 amide bonds. The number of rotatable bonds is 3. The zero-order valence-electron chi connectivity index (χ0n) is 12.6. The fraction of sp³-hybridized carbons (Fsp3) is 0.467. The minimum absolute atomic E-state index is 0.0580. The van der Waals surface area contributed by atoms with Gasteiger partial charge in [0.15, 0.2) is 0 Å². The molecule has 1 unspecified atom stereocenters. The summed E-state index contributed by atoms with van der Waals surface area (Å²) in [6.45, 7) is 6.65. The van der Waals surface area contributed by atoms with Gasteiger partial charge in [-0.15, -0.1) is 0 Å². The Hall–Kier alpha value is -2.08. The number of nitrogen functional groups attached to an aromatic ring is 1. The van der Waals surface area contributed by atoms with E-state index in [1.807, 2.05) is 25.7 Å². The van der Waals surface area contributed by atoms with Crippen LogP contribution < -0.4 is 16.4 Å². The van der Waals surface area contributed by atoms with E-state index in [-0.39, 0.29) is 11.8 Å². The van der Waals surface area contributed by atoms with Crippen LogP contribution >= 0.6 is 0 Å². The first-order chi connectivity index (χ1) is 9.82. The number of nitrogens with zero attached hydrogens (tertiary/aromatic N) is 1. The molecular weight excluding hydrogens is 268 g/mol. The number of carbonyl (C=O) groups is 2. The van der Waals surface area contributed by atoms with Crippen LogP contribution in [0.2, 0.25) is 0 Å². The average Bonchev–Trinajstić information content (AvgIpc) is 2.41. The molecule has 1 heterocycles. The van der Waals surface area contributed by atoms with Crippen LogP contribution in [0.3, 0.4) is 0 Å². The van der Waals surface area contributed by atoms with Crippen LogP contribution in [0, 0.1) is 0 Å². The third-order valence-electron chi connectivity index (χ3n) is 3.91. The van der Waals surface area contributed by atoms with Crippen LogP contribution in [0.1, 0.15) is 20.8 Å². The largest absolute Gasteiger partial charge is 0.399 e. The fourth-order valence-electron chi connectivity index (χ4n) is 2.60. The average molecular weight is 290 g/mol. The third-order valence-corrected chi connectivity index (χ3v) is 3.91. The predicted molar refractivity (Wildman–Crippen MR) is 82.7 cm³/mol. The lowest BCUT2D eigenvalue weighted by Gasteiger charge is -2.43. The van der Waals surface area contributed by atoms with Crippen LogP contribution in [0.25, 0.3) is 0 Å². The summed E-state index contributed by atoms with van der Waals surface area (Å²) >= 11 is 0. The van der Waals surface area contributed by atoms with E-state index in [9.17, 15) is 9.59 Å². The van der Waals surface area contributed by atoms with Crippen molar-refractivity contribution in [2.75, 3.05) is 24.1 Å². The van der Waals surface area contributed by atoms with Gasteiger partial charge in [-0.2, -0.15) is 0 Å². The number of benzene rings is 1. The minimum atomic E-state index is -0.704. The van der Waals surface area contributed by atoms with E-state index in [1.54, 1.807) is 24.3 Å². The molecule has 0 spiro atoms. The van der Waals surface area contributed by atoms with E-state index in [4.69, 9.17) is 5.73 Å². The third kappa shape index (κ3) is 3.16. The Labute approximate surface area is 124 Å². The molecule has 6 nitrogen and oxygen atoms in total. The van der Waals surface area contributed by atoms with Crippen LogP contribution in [0.15, 0.2) is 24.3 Å². The first kappa shape index (κ1) is 15.3. The number of nitrogens with two attached hydrogens (primary N) is 1. The molecule has 0 radical (unpaired) electrons. The monoisotopic (exact) mass is 290 g/mol. The van der Waals surface area contributed by atoms with E-state index < -0.39 is 11.6 Å². The van der Waals surface area contributed by atoms with Crippen LogP contribution in [-0.2, 0) is 9.59 Å². The maximum Gasteiger partial charge on any atom is 0.241 e. The minimum Gasteiger partial charge on any atom is -0.399 e. The van der Waals surface area contributed by atoms with E-state index in [0.29, 0.717) is 24.5 Å². The molecule has 1 fully saturated rings. The Kier molecular flexibility index (Phi) is 4.18. The highest BCUT2D eigenvalue weighted by atomic mass is 16.2. The van der Waals surface area contributed by atoms with Gasteiger partial charge in [-0.25, -0.2) is 0 Å². The number of piperazine rings is 1. The zero-order chi connectivity index (χ0) is 15.6. The van der Waals surface area contributed by atoms with Gasteiger partial charge in [-0.1, -0.05) is 6.07 Å². The summed E-state index contributed by atoms with van der Waals surface area (Å²) in [5.74, 6) is -0.208. The van der Waals surface area contributed by atoms with Crippen molar-refractivity contribution in [3.8, 4) is 0 Å². The second-order valence-corrected chi connectivity index (χ2v) is 5.80. The quantitative estimate of drug-likeness (QED) is 0.719. The Balaban J connectivity index is 2.10. The molecular formula is C15H22N4O2. The van der Waals surface area contributed by atoms with Gasteiger partial charge >= 0.3 is 0 Å². The molecule has 0 saturated carbocycles. The van der Waals surface area contributed by atoms with Crippen LogP contribution in [0.4, 0.5) is 11.4 Å². The highest BCUT2D eigenvalue weighted by Crippen LogP contribution is 2.21. The van der Waals surface area contributed by atoms with Crippen molar-refractivity contribution in [2.45, 2.75) is 32.4 Å². The van der Waals surface area contributed by atoms with Crippen molar-refractivity contribution in [1.29, 1.82) is 0 Å². The van der Waals surface area contributed by atoms with Gasteiger partial charge in [0.25, 0.3) is 0 Å². The molecule has 1 aliphatic heterocycles. The Morgan fingerprint density at radius 2 is 2.19 bits per heavy atom. The van der Waals surface area contributed by atoms with E-state index in [0.717, 1.165) is 0 Å². The highest BCUT2D eigenvalue weighted by molar-refractivity contribution is 5.96. The fourth-order valence-corrected chi connectivity index (χ4v) is 2.60. The van der Waals surface area contributed by atoms with E-state index in [2.05, 4.69) is 10.6 Å². The summed E-state index contributed by atoms with van der Waals surface area (Å²) in [4.78, 5) is 26.3. The van der Waals surface area contributed by atoms with Crippen molar-refractivity contribution < 1.29 is 9.59 Å². The molecule has 114 valence electrons. The zero-order valence-corrected chi connectivity index (χ0v) is 12.6. The molecule has 21 heavy (non-hydrogen) atoms. The SMILES string of the molecule is CC(C(=O)Nc1cccc(N)c1)N1CCNC(=O)C1(C)C. The number of hydrogen-bond acceptors (Lipinski definition) is 4. The van der Waals surface area contributed by atoms with Crippen molar-refractivity contribution in [1.82, 2.24) is 10.2 Å². The van der Waals surface area contributed by atoms with Crippen molar-refractivity contribution >= 4 is 23.2 Å². The topological polar surface area (TPSA) is 87.5 Å². The van der Waals surface area contributed by atoms with Gasteiger partial charge in [0.05, 0.1) is 11.6 Å². The summed E-state index contributed by atoms with van der Waals surface area (Å²) in [6.07, 6.45) is 0. The molecule has 1 saturated heterocycles. The summed E-state index contributed by atoms with van der Waals surface area (Å²) in [5.41, 5.74) is 6.25. The van der Waals surface area contributed by atoms with Gasteiger partial charge in [-0.3, -0.25) is 14.5 Å². The smallest absolute Gasteiger partial charge is 0.241 e. The normalized spacial score (nSPS) is 19.7. The highest BCUT2D eigenvalue weighted by Gasteiger charge is 2.41. The number of amides is 2. The van der Waals surface area contributed by atoms with E-state index >= 15 is 0 Å². The Morgan fingerprint density at radius 1 is 1.48 bits per heavy atom. The molecule has 1 aliphatic rings. The van der Waals surface area contributed by atoms with Crippen molar-refractivity contribution in [3.05, 3.63) is 24.3 Å². The first-order valence-corrected chi connectivity index (χ1v) is 7.04. The second kappa shape index (κ2) is 5.73. The Morgan fingerprint density at radius 3 is 2.86 bits per heavy atom. The maximum atomic E-state index is 12.4. The van der Waals surface area contributed by atoms with Gasteiger partial charge < -0.3 is 16.4 Å². The summed E-state index contributed by atoms with van der Waals surface area (Å²) in [5, 5.41) is 5.66. The molecule has 1 atom stereocenters. The van der Waals surface area contributed by atoms with Gasteiger partial charge in [-0.05, 0) is 39.0 Å². The summed E-state index contributed by atoms with van der Waals surface area (Å²) < 4.78 is 0. The molecule has 6 heteroatoms. The summed E-state index contributed by atoms with van der Waals surface area (Å²) in [6, 6.07) is 6.63. The lowest BCUT2D eigenvalue weighted by molar-refractivity contribution is -0.139. The standard InChI is InChI=1S/C15H22N4O2/c1-10(19-8-7-17-14(21)15(19,2)3)13(20)18-12-6-4-5-11(16)9-12/h4-6,9-10H,7-8,16H2,1-3H3,(H,17,21)(H,18,20). The Bertz CT molecular complexity index is 556. The lowest BCUT2D eigenvalue weighted by atomic mass is 9.96. The van der Waals surface area contributed by atoms with Gasteiger partial charge in [0, 0.05) is 24.5 Å². The van der Waals surface area contributed by atoms with Crippen LogP contribution in [0.5, 0.6) is 0 Å². The van der Waals surface area contributed by atoms with Crippen molar-refractivity contribution in [2.24, 2.45) is 0 Å². The lowest BCUT2D eigenvalue weighted by Crippen LogP contribution is -2.65. The maximum absolute atomic E-state index is 12.4. The molecule has 1 aromatic carbocycles.